The second-order valence-electron chi connectivity index (χ2n) is 5.62. The maximum Gasteiger partial charge on any atom is 0.0468 e. The van der Waals surface area contributed by atoms with E-state index in [2.05, 4.69) is 49.2 Å². The fourth-order valence-corrected chi connectivity index (χ4v) is 3.50. The zero-order valence-corrected chi connectivity index (χ0v) is 13.2. The topological polar surface area (TPSA) is 3.24 Å². The summed E-state index contributed by atoms with van der Waals surface area (Å²) in [6.45, 7) is 3.99. The van der Waals surface area contributed by atoms with E-state index in [1.807, 2.05) is 6.07 Å². The highest BCUT2D eigenvalue weighted by molar-refractivity contribution is 6.35. The van der Waals surface area contributed by atoms with Gasteiger partial charge in [0, 0.05) is 29.1 Å². The summed E-state index contributed by atoms with van der Waals surface area (Å²) in [5, 5.41) is 1.49. The van der Waals surface area contributed by atoms with E-state index in [0.29, 0.717) is 5.92 Å². The number of benzene rings is 2. The summed E-state index contributed by atoms with van der Waals surface area (Å²) in [6.07, 6.45) is 0. The Morgan fingerprint density at radius 1 is 1.10 bits per heavy atom. The Labute approximate surface area is 130 Å². The molecule has 0 radical (unpaired) electrons. The molecule has 0 amide bonds. The van der Waals surface area contributed by atoms with Crippen molar-refractivity contribution in [2.24, 2.45) is 0 Å². The number of fused-ring (bicyclic) bond motifs is 1. The summed E-state index contributed by atoms with van der Waals surface area (Å²) in [7, 11) is 2.13. The Kier molecular flexibility index (Phi) is 3.76. The van der Waals surface area contributed by atoms with Crippen LogP contribution in [0.4, 0.5) is 0 Å². The normalized spacial score (nSPS) is 18.9. The first-order valence-corrected chi connectivity index (χ1v) is 7.53. The molecule has 1 atom stereocenters. The number of hydrogen-bond acceptors (Lipinski definition) is 1. The lowest BCUT2D eigenvalue weighted by molar-refractivity contribution is 0.295. The van der Waals surface area contributed by atoms with Crippen molar-refractivity contribution in [3.05, 3.63) is 68.7 Å². The van der Waals surface area contributed by atoms with Gasteiger partial charge in [-0.05, 0) is 42.8 Å². The van der Waals surface area contributed by atoms with E-state index in [4.69, 9.17) is 23.2 Å². The predicted molar refractivity (Wildman–Crippen MR) is 85.8 cm³/mol. The van der Waals surface area contributed by atoms with Gasteiger partial charge < -0.3 is 4.90 Å². The minimum atomic E-state index is 0.334. The van der Waals surface area contributed by atoms with Crippen LogP contribution in [0.25, 0.3) is 0 Å². The zero-order valence-electron chi connectivity index (χ0n) is 11.7. The van der Waals surface area contributed by atoms with Crippen molar-refractivity contribution in [3.63, 3.8) is 0 Å². The Morgan fingerprint density at radius 2 is 1.80 bits per heavy atom. The van der Waals surface area contributed by atoms with Crippen molar-refractivity contribution in [1.29, 1.82) is 0 Å². The van der Waals surface area contributed by atoms with E-state index in [9.17, 15) is 0 Å². The highest BCUT2D eigenvalue weighted by Gasteiger charge is 2.26. The van der Waals surface area contributed by atoms with E-state index in [-0.39, 0.29) is 0 Å². The highest BCUT2D eigenvalue weighted by Crippen LogP contribution is 2.38. The van der Waals surface area contributed by atoms with Crippen LogP contribution in [-0.2, 0) is 6.54 Å². The largest absolute Gasteiger partial charge is 0.301 e. The first-order chi connectivity index (χ1) is 9.54. The summed E-state index contributed by atoms with van der Waals surface area (Å²) in [6, 6.07) is 12.6. The summed E-state index contributed by atoms with van der Waals surface area (Å²) >= 11 is 12.6. The Morgan fingerprint density at radius 3 is 2.50 bits per heavy atom. The Bertz CT molecular complexity index is 634. The number of halogens is 2. The zero-order chi connectivity index (χ0) is 14.3. The summed E-state index contributed by atoms with van der Waals surface area (Å²) in [4.78, 5) is 2.31. The molecule has 3 rings (SSSR count). The van der Waals surface area contributed by atoms with Gasteiger partial charge in [-0.2, -0.15) is 0 Å². The molecule has 0 bridgehead atoms. The molecular formula is C17H17Cl2N. The quantitative estimate of drug-likeness (QED) is 0.726. The summed E-state index contributed by atoms with van der Waals surface area (Å²) in [5.41, 5.74) is 5.07. The molecule has 0 unspecified atom stereocenters. The first kappa shape index (κ1) is 13.9. The van der Waals surface area contributed by atoms with Gasteiger partial charge in [0.05, 0.1) is 0 Å². The standard InChI is InChI=1S/C17H17Cl2N/c1-11-3-5-12(6-4-11)15-9-20(2)10-16-14(15)7-13(18)8-17(16)19/h3-8,15H,9-10H2,1-2H3/t15-/m0/s1. The fraction of sp³-hybridized carbons (Fsp3) is 0.294. The molecular weight excluding hydrogens is 289 g/mol. The third-order valence-electron chi connectivity index (χ3n) is 3.97. The van der Waals surface area contributed by atoms with Crippen LogP contribution in [0.1, 0.15) is 28.2 Å². The van der Waals surface area contributed by atoms with Gasteiger partial charge in [-0.1, -0.05) is 53.0 Å². The molecule has 0 N–H and O–H groups in total. The van der Waals surface area contributed by atoms with Crippen molar-refractivity contribution in [3.8, 4) is 0 Å². The van der Waals surface area contributed by atoms with E-state index in [1.165, 1.54) is 22.3 Å². The third kappa shape index (κ3) is 2.58. The Hall–Kier alpha value is -1.02. The lowest BCUT2D eigenvalue weighted by Gasteiger charge is -2.33. The molecule has 3 heteroatoms. The number of rotatable bonds is 1. The molecule has 2 aromatic rings. The molecule has 20 heavy (non-hydrogen) atoms. The molecule has 0 aromatic heterocycles. The molecule has 0 aliphatic carbocycles. The van der Waals surface area contributed by atoms with Gasteiger partial charge in [0.1, 0.15) is 0 Å². The molecule has 0 spiro atoms. The molecule has 0 saturated carbocycles. The van der Waals surface area contributed by atoms with Crippen LogP contribution in [0, 0.1) is 6.92 Å². The predicted octanol–water partition coefficient (Wildman–Crippen LogP) is 4.88. The van der Waals surface area contributed by atoms with Gasteiger partial charge in [-0.15, -0.1) is 0 Å². The molecule has 1 aliphatic rings. The average Bonchev–Trinajstić information content (AvgIpc) is 2.40. The van der Waals surface area contributed by atoms with Crippen molar-refractivity contribution in [2.75, 3.05) is 13.6 Å². The molecule has 104 valence electrons. The SMILES string of the molecule is Cc1ccc([C@@H]2CN(C)Cc3c(Cl)cc(Cl)cc32)cc1. The van der Waals surface area contributed by atoms with E-state index in [0.717, 1.165) is 23.1 Å². The maximum absolute atomic E-state index is 6.38. The van der Waals surface area contributed by atoms with E-state index < -0.39 is 0 Å². The molecule has 1 nitrogen and oxygen atoms in total. The lowest BCUT2D eigenvalue weighted by Crippen LogP contribution is -2.31. The van der Waals surface area contributed by atoms with Crippen molar-refractivity contribution in [2.45, 2.75) is 19.4 Å². The van der Waals surface area contributed by atoms with Gasteiger partial charge in [0.15, 0.2) is 0 Å². The minimum absolute atomic E-state index is 0.334. The summed E-state index contributed by atoms with van der Waals surface area (Å²) in [5.74, 6) is 0.334. The molecule has 1 heterocycles. The van der Waals surface area contributed by atoms with Crippen LogP contribution < -0.4 is 0 Å². The van der Waals surface area contributed by atoms with Gasteiger partial charge in [0.25, 0.3) is 0 Å². The van der Waals surface area contributed by atoms with E-state index in [1.54, 1.807) is 0 Å². The van der Waals surface area contributed by atoms with Crippen LogP contribution in [0.3, 0.4) is 0 Å². The van der Waals surface area contributed by atoms with Crippen LogP contribution in [0.5, 0.6) is 0 Å². The van der Waals surface area contributed by atoms with Crippen LogP contribution in [0.2, 0.25) is 10.0 Å². The monoisotopic (exact) mass is 305 g/mol. The second-order valence-corrected chi connectivity index (χ2v) is 6.46. The molecule has 0 fully saturated rings. The maximum atomic E-state index is 6.38. The molecule has 1 aliphatic heterocycles. The number of aryl methyl sites for hydroxylation is 1. The first-order valence-electron chi connectivity index (χ1n) is 6.77. The van der Waals surface area contributed by atoms with Gasteiger partial charge >= 0.3 is 0 Å². The number of nitrogens with zero attached hydrogens (tertiary/aromatic N) is 1. The minimum Gasteiger partial charge on any atom is -0.301 e. The Balaban J connectivity index is 2.12. The van der Waals surface area contributed by atoms with Crippen LogP contribution >= 0.6 is 23.2 Å². The average molecular weight is 306 g/mol. The van der Waals surface area contributed by atoms with Crippen molar-refractivity contribution >= 4 is 23.2 Å². The van der Waals surface area contributed by atoms with Gasteiger partial charge in [-0.25, -0.2) is 0 Å². The fourth-order valence-electron chi connectivity index (χ4n) is 2.93. The van der Waals surface area contributed by atoms with Gasteiger partial charge in [-0.3, -0.25) is 0 Å². The van der Waals surface area contributed by atoms with Gasteiger partial charge in [0.2, 0.25) is 0 Å². The van der Waals surface area contributed by atoms with Crippen LogP contribution in [-0.4, -0.2) is 18.5 Å². The lowest BCUT2D eigenvalue weighted by atomic mass is 9.84. The second kappa shape index (κ2) is 5.40. The molecule has 2 aromatic carbocycles. The van der Waals surface area contributed by atoms with Crippen molar-refractivity contribution in [1.82, 2.24) is 4.90 Å². The van der Waals surface area contributed by atoms with E-state index >= 15 is 0 Å². The molecule has 0 saturated heterocycles. The smallest absolute Gasteiger partial charge is 0.0468 e. The third-order valence-corrected chi connectivity index (χ3v) is 4.53. The van der Waals surface area contributed by atoms with Crippen molar-refractivity contribution < 1.29 is 0 Å². The van der Waals surface area contributed by atoms with Crippen LogP contribution in [0.15, 0.2) is 36.4 Å². The summed E-state index contributed by atoms with van der Waals surface area (Å²) < 4.78 is 0. The highest BCUT2D eigenvalue weighted by atomic mass is 35.5. The number of hydrogen-bond donors (Lipinski definition) is 0. The number of likely N-dealkylation sites (N-methyl/N-ethyl adjacent to an activating group) is 1.